The smallest absolute Gasteiger partial charge is 0 e. The van der Waals surface area contributed by atoms with E-state index in [1.54, 1.807) is 0 Å². The van der Waals surface area contributed by atoms with Gasteiger partial charge in [-0.25, -0.2) is 0 Å². The van der Waals surface area contributed by atoms with Gasteiger partial charge in [0.1, 0.15) is 0 Å². The molecule has 0 nitrogen and oxygen atoms in total. The van der Waals surface area contributed by atoms with Crippen molar-refractivity contribution in [3.8, 4) is 0 Å². The van der Waals surface area contributed by atoms with Gasteiger partial charge in [-0.3, -0.25) is 0 Å². The molecule has 0 aromatic carbocycles. The standard InChI is InChI=1S/C8H12.2CH3.Ir/c1-2-4-6-8-7-5-3-1;;;/h1-4H,5-8H2;2*1H3;/q;2*-1;. The van der Waals surface area contributed by atoms with Crippen LogP contribution >= 0.6 is 0 Å². The quantitative estimate of drug-likeness (QED) is 0.596. The van der Waals surface area contributed by atoms with Crippen molar-refractivity contribution in [3.63, 3.8) is 0 Å². The fraction of sp³-hybridized carbons (Fsp3) is 0.400. The van der Waals surface area contributed by atoms with Gasteiger partial charge in [-0.1, -0.05) is 24.3 Å². The molecule has 0 aromatic rings. The van der Waals surface area contributed by atoms with Crippen LogP contribution in [0.15, 0.2) is 24.3 Å². The van der Waals surface area contributed by atoms with E-state index >= 15 is 0 Å². The number of hydrogen-bond donors (Lipinski definition) is 0. The van der Waals surface area contributed by atoms with Gasteiger partial charge in [-0.05, 0) is 25.7 Å². The summed E-state index contributed by atoms with van der Waals surface area (Å²) in [7, 11) is 0. The molecule has 1 aliphatic carbocycles. The van der Waals surface area contributed by atoms with E-state index in [1.807, 2.05) is 0 Å². The third-order valence-corrected chi connectivity index (χ3v) is 1.37. The van der Waals surface area contributed by atoms with Crippen LogP contribution < -0.4 is 0 Å². The average molecular weight is 330 g/mol. The predicted octanol–water partition coefficient (Wildman–Crippen LogP) is 3.57. The first-order chi connectivity index (χ1) is 4.00. The van der Waals surface area contributed by atoms with Gasteiger partial charge in [0.25, 0.3) is 0 Å². The topological polar surface area (TPSA) is 0 Å². The molecular formula is C10H18Ir-2. The molecule has 0 aromatic heterocycles. The van der Waals surface area contributed by atoms with Crippen molar-refractivity contribution in [2.24, 2.45) is 0 Å². The molecule has 1 heteroatoms. The molecule has 1 rings (SSSR count). The minimum absolute atomic E-state index is 0. The van der Waals surface area contributed by atoms with Crippen LogP contribution in [-0.2, 0) is 20.1 Å². The maximum absolute atomic E-state index is 2.23. The minimum Gasteiger partial charge on any atom is -0.358 e. The Morgan fingerprint density at radius 3 is 1.45 bits per heavy atom. The average Bonchev–Trinajstić information content (AvgIpc) is 1.62. The summed E-state index contributed by atoms with van der Waals surface area (Å²) in [6, 6.07) is 0. The van der Waals surface area contributed by atoms with Gasteiger partial charge in [0, 0.05) is 20.1 Å². The van der Waals surface area contributed by atoms with E-state index in [2.05, 4.69) is 24.3 Å². The first kappa shape index (κ1) is 17.3. The van der Waals surface area contributed by atoms with Crippen molar-refractivity contribution in [2.75, 3.05) is 0 Å². The third kappa shape index (κ3) is 10.1. The first-order valence-corrected chi connectivity index (χ1v) is 3.32. The monoisotopic (exact) mass is 331 g/mol. The van der Waals surface area contributed by atoms with E-state index in [9.17, 15) is 0 Å². The van der Waals surface area contributed by atoms with Crippen molar-refractivity contribution < 1.29 is 20.1 Å². The first-order valence-electron chi connectivity index (χ1n) is 3.32. The van der Waals surface area contributed by atoms with Crippen LogP contribution in [-0.4, -0.2) is 0 Å². The van der Waals surface area contributed by atoms with Gasteiger partial charge in [0.05, 0.1) is 0 Å². The molecule has 0 amide bonds. The predicted molar refractivity (Wildman–Crippen MR) is 49.6 cm³/mol. The molecule has 11 heavy (non-hydrogen) atoms. The van der Waals surface area contributed by atoms with E-state index < -0.39 is 0 Å². The summed E-state index contributed by atoms with van der Waals surface area (Å²) in [6.45, 7) is 0. The summed E-state index contributed by atoms with van der Waals surface area (Å²) in [4.78, 5) is 0. The second-order valence-electron chi connectivity index (χ2n) is 2.14. The van der Waals surface area contributed by atoms with Crippen molar-refractivity contribution >= 4 is 0 Å². The van der Waals surface area contributed by atoms with E-state index in [0.717, 1.165) is 0 Å². The van der Waals surface area contributed by atoms with Gasteiger partial charge in [0.15, 0.2) is 0 Å². The molecule has 0 unspecified atom stereocenters. The van der Waals surface area contributed by atoms with Crippen molar-refractivity contribution in [3.05, 3.63) is 39.2 Å². The molecular weight excluding hydrogens is 312 g/mol. The summed E-state index contributed by atoms with van der Waals surface area (Å²) >= 11 is 0. The van der Waals surface area contributed by atoms with Gasteiger partial charge >= 0.3 is 0 Å². The molecule has 0 heterocycles. The molecule has 0 spiro atoms. The molecule has 0 fully saturated rings. The Morgan fingerprint density at radius 1 is 0.727 bits per heavy atom. The third-order valence-electron chi connectivity index (χ3n) is 1.37. The van der Waals surface area contributed by atoms with E-state index in [4.69, 9.17) is 0 Å². The summed E-state index contributed by atoms with van der Waals surface area (Å²) in [6.07, 6.45) is 14.0. The van der Waals surface area contributed by atoms with Gasteiger partial charge < -0.3 is 14.9 Å². The van der Waals surface area contributed by atoms with Crippen LogP contribution in [0.5, 0.6) is 0 Å². The summed E-state index contributed by atoms with van der Waals surface area (Å²) in [5.41, 5.74) is 0. The van der Waals surface area contributed by atoms with Crippen LogP contribution in [0.3, 0.4) is 0 Å². The number of allylic oxidation sites excluding steroid dienone is 4. The van der Waals surface area contributed by atoms with Gasteiger partial charge in [0.2, 0.25) is 0 Å². The zero-order valence-corrected chi connectivity index (χ0v) is 9.87. The van der Waals surface area contributed by atoms with Crippen LogP contribution in [0, 0.1) is 14.9 Å². The zero-order valence-electron chi connectivity index (χ0n) is 7.47. The number of rotatable bonds is 0. The van der Waals surface area contributed by atoms with E-state index in [-0.39, 0.29) is 35.0 Å². The van der Waals surface area contributed by atoms with E-state index in [0.29, 0.717) is 0 Å². The molecule has 69 valence electrons. The number of hydrogen-bond acceptors (Lipinski definition) is 0. The Balaban J connectivity index is -0.000000213. The summed E-state index contributed by atoms with van der Waals surface area (Å²) < 4.78 is 0. The van der Waals surface area contributed by atoms with E-state index in [1.165, 1.54) is 25.7 Å². The normalized spacial score (nSPS) is 14.5. The minimum atomic E-state index is 0. The van der Waals surface area contributed by atoms with Crippen LogP contribution in [0.25, 0.3) is 0 Å². The SMILES string of the molecule is C1=CCCCCC=C1.[CH3-].[CH3-].[Ir]. The van der Waals surface area contributed by atoms with Crippen molar-refractivity contribution in [1.29, 1.82) is 0 Å². The van der Waals surface area contributed by atoms with Crippen LogP contribution in [0.4, 0.5) is 0 Å². The van der Waals surface area contributed by atoms with Crippen molar-refractivity contribution in [2.45, 2.75) is 25.7 Å². The molecule has 0 bridgehead atoms. The Labute approximate surface area is 85.1 Å². The Bertz CT molecular complexity index is 89.4. The summed E-state index contributed by atoms with van der Waals surface area (Å²) in [5, 5.41) is 0. The van der Waals surface area contributed by atoms with Crippen molar-refractivity contribution in [1.82, 2.24) is 0 Å². The summed E-state index contributed by atoms with van der Waals surface area (Å²) in [5.74, 6) is 0. The molecule has 0 saturated carbocycles. The fourth-order valence-electron chi connectivity index (χ4n) is 0.874. The van der Waals surface area contributed by atoms with Crippen LogP contribution in [0.1, 0.15) is 25.7 Å². The second-order valence-corrected chi connectivity index (χ2v) is 2.14. The fourth-order valence-corrected chi connectivity index (χ4v) is 0.874. The molecule has 1 aliphatic rings. The molecule has 1 radical (unpaired) electrons. The largest absolute Gasteiger partial charge is 0.358 e. The molecule has 0 atom stereocenters. The Morgan fingerprint density at radius 2 is 1.09 bits per heavy atom. The maximum Gasteiger partial charge on any atom is 0 e. The van der Waals surface area contributed by atoms with Gasteiger partial charge in [-0.2, -0.15) is 0 Å². The Kier molecular flexibility index (Phi) is 20.1. The second kappa shape index (κ2) is 12.8. The molecule has 0 saturated heterocycles. The van der Waals surface area contributed by atoms with Gasteiger partial charge in [-0.15, -0.1) is 0 Å². The molecule has 0 N–H and O–H groups in total. The molecule has 0 aliphatic heterocycles. The maximum atomic E-state index is 2.23. The Hall–Kier alpha value is 0.129. The van der Waals surface area contributed by atoms with Crippen LogP contribution in [0.2, 0.25) is 0 Å². The zero-order chi connectivity index (χ0) is 5.66.